The fourth-order valence-electron chi connectivity index (χ4n) is 2.56. The smallest absolute Gasteiger partial charge is 0.262 e. The first-order valence-electron chi connectivity index (χ1n) is 8.55. The number of thioether (sulfide) groups is 1. The number of hydrogen-bond donors (Lipinski definition) is 1. The molecule has 1 amide bonds. The molecule has 0 aliphatic heterocycles. The Labute approximate surface area is 165 Å². The molecule has 2 heterocycles. The number of hydrogen-bond acceptors (Lipinski definition) is 6. The molecule has 0 fully saturated rings. The Morgan fingerprint density at radius 3 is 2.89 bits per heavy atom. The van der Waals surface area contributed by atoms with Crippen LogP contribution in [0.2, 0.25) is 0 Å². The molecule has 0 bridgehead atoms. The van der Waals surface area contributed by atoms with Gasteiger partial charge in [0.15, 0.2) is 5.16 Å². The van der Waals surface area contributed by atoms with E-state index in [1.165, 1.54) is 11.8 Å². The van der Waals surface area contributed by atoms with Gasteiger partial charge >= 0.3 is 0 Å². The lowest BCUT2D eigenvalue weighted by Crippen LogP contribution is -2.31. The van der Waals surface area contributed by atoms with Crippen LogP contribution in [-0.4, -0.2) is 34.4 Å². The molecule has 1 aromatic carbocycles. The van der Waals surface area contributed by atoms with Crippen molar-refractivity contribution in [1.82, 2.24) is 14.9 Å². The molecule has 2 aromatic heterocycles. The third-order valence-electron chi connectivity index (χ3n) is 4.01. The Bertz CT molecular complexity index is 970. The van der Waals surface area contributed by atoms with Crippen LogP contribution in [-0.2, 0) is 22.6 Å². The van der Waals surface area contributed by atoms with Crippen molar-refractivity contribution in [2.75, 3.05) is 13.7 Å². The maximum atomic E-state index is 12.8. The lowest BCUT2D eigenvalue weighted by Gasteiger charge is -2.16. The minimum absolute atomic E-state index is 0.0888. The van der Waals surface area contributed by atoms with Gasteiger partial charge in [-0.05, 0) is 30.5 Å². The number of benzene rings is 1. The number of rotatable bonds is 8. The summed E-state index contributed by atoms with van der Waals surface area (Å²) in [5.74, 6) is -0.0888. The standard InChI is InChI=1S/C19H21N3O3S2/c1-13(17(23)20-12-14-6-5-11-26-14)27-19-21-16-8-4-3-7-15(16)18(24)22(19)9-10-25-2/h3-8,11,13H,9-10,12H2,1-2H3,(H,20,23)/t13-/m1/s1. The second kappa shape index (κ2) is 9.16. The Balaban J connectivity index is 1.81. The number of methoxy groups -OCH3 is 1. The van der Waals surface area contributed by atoms with E-state index < -0.39 is 0 Å². The molecule has 0 saturated heterocycles. The number of thiophene rings is 1. The maximum Gasteiger partial charge on any atom is 0.262 e. The van der Waals surface area contributed by atoms with Gasteiger partial charge in [0.25, 0.3) is 5.56 Å². The van der Waals surface area contributed by atoms with Crippen LogP contribution in [0.3, 0.4) is 0 Å². The van der Waals surface area contributed by atoms with E-state index in [0.29, 0.717) is 35.8 Å². The van der Waals surface area contributed by atoms with Gasteiger partial charge in [-0.25, -0.2) is 4.98 Å². The molecule has 0 spiro atoms. The van der Waals surface area contributed by atoms with Crippen molar-refractivity contribution in [3.05, 3.63) is 57.0 Å². The third-order valence-corrected chi connectivity index (χ3v) is 5.98. The summed E-state index contributed by atoms with van der Waals surface area (Å²) in [6, 6.07) is 11.2. The molecule has 142 valence electrons. The van der Waals surface area contributed by atoms with Crippen LogP contribution >= 0.6 is 23.1 Å². The molecule has 0 unspecified atom stereocenters. The quantitative estimate of drug-likeness (QED) is 0.462. The predicted molar refractivity (Wildman–Crippen MR) is 109 cm³/mol. The molecule has 1 atom stereocenters. The number of aromatic nitrogens is 2. The SMILES string of the molecule is COCCn1c(S[C@H](C)C(=O)NCc2cccs2)nc2ccccc2c1=O. The molecule has 0 radical (unpaired) electrons. The maximum absolute atomic E-state index is 12.8. The summed E-state index contributed by atoms with van der Waals surface area (Å²) in [6.45, 7) is 3.10. The van der Waals surface area contributed by atoms with Gasteiger partial charge in [-0.1, -0.05) is 30.0 Å². The number of ether oxygens (including phenoxy) is 1. The first-order valence-corrected chi connectivity index (χ1v) is 10.3. The summed E-state index contributed by atoms with van der Waals surface area (Å²) in [5, 5.41) is 5.61. The molecular weight excluding hydrogens is 382 g/mol. The van der Waals surface area contributed by atoms with Crippen molar-refractivity contribution in [3.63, 3.8) is 0 Å². The Hall–Kier alpha value is -2.16. The number of amides is 1. The zero-order chi connectivity index (χ0) is 19.2. The Morgan fingerprint density at radius 1 is 1.33 bits per heavy atom. The fourth-order valence-corrected chi connectivity index (χ4v) is 4.16. The zero-order valence-corrected chi connectivity index (χ0v) is 16.8. The Morgan fingerprint density at radius 2 is 2.15 bits per heavy atom. The minimum Gasteiger partial charge on any atom is -0.383 e. The highest BCUT2D eigenvalue weighted by atomic mass is 32.2. The molecular formula is C19H21N3O3S2. The van der Waals surface area contributed by atoms with E-state index in [-0.39, 0.29) is 16.7 Å². The lowest BCUT2D eigenvalue weighted by molar-refractivity contribution is -0.120. The first kappa shape index (κ1) is 19.6. The highest BCUT2D eigenvalue weighted by Gasteiger charge is 2.19. The van der Waals surface area contributed by atoms with E-state index >= 15 is 0 Å². The summed E-state index contributed by atoms with van der Waals surface area (Å²) in [7, 11) is 1.59. The van der Waals surface area contributed by atoms with Crippen LogP contribution < -0.4 is 10.9 Å². The normalized spacial score (nSPS) is 12.2. The summed E-state index contributed by atoms with van der Waals surface area (Å²) < 4.78 is 6.71. The number of carbonyl (C=O) groups is 1. The predicted octanol–water partition coefficient (Wildman–Crippen LogP) is 2.90. The van der Waals surface area contributed by atoms with Crippen molar-refractivity contribution in [2.24, 2.45) is 0 Å². The molecule has 3 rings (SSSR count). The van der Waals surface area contributed by atoms with E-state index in [4.69, 9.17) is 4.74 Å². The second-order valence-electron chi connectivity index (χ2n) is 5.92. The van der Waals surface area contributed by atoms with Gasteiger partial charge < -0.3 is 10.1 Å². The van der Waals surface area contributed by atoms with Crippen molar-refractivity contribution < 1.29 is 9.53 Å². The number of carbonyl (C=O) groups excluding carboxylic acids is 1. The molecule has 6 nitrogen and oxygen atoms in total. The third kappa shape index (κ3) is 4.77. The van der Waals surface area contributed by atoms with Crippen LogP contribution in [0.4, 0.5) is 0 Å². The number of nitrogens with zero attached hydrogens (tertiary/aromatic N) is 2. The van der Waals surface area contributed by atoms with Crippen LogP contribution in [0, 0.1) is 0 Å². The summed E-state index contributed by atoms with van der Waals surface area (Å²) in [6.07, 6.45) is 0. The topological polar surface area (TPSA) is 73.2 Å². The van der Waals surface area contributed by atoms with Crippen molar-refractivity contribution in [1.29, 1.82) is 0 Å². The summed E-state index contributed by atoms with van der Waals surface area (Å²) in [4.78, 5) is 31.0. The van der Waals surface area contributed by atoms with Gasteiger partial charge in [0.05, 0.1) is 35.8 Å². The van der Waals surface area contributed by atoms with Crippen LogP contribution in [0.5, 0.6) is 0 Å². The van der Waals surface area contributed by atoms with Crippen LogP contribution in [0.15, 0.2) is 51.7 Å². The molecule has 0 aliphatic carbocycles. The second-order valence-corrected chi connectivity index (χ2v) is 8.26. The van der Waals surface area contributed by atoms with E-state index in [9.17, 15) is 9.59 Å². The molecule has 8 heteroatoms. The average Bonchev–Trinajstić information content (AvgIpc) is 3.19. The van der Waals surface area contributed by atoms with E-state index in [0.717, 1.165) is 4.88 Å². The molecule has 3 aromatic rings. The lowest BCUT2D eigenvalue weighted by atomic mass is 10.2. The molecule has 1 N–H and O–H groups in total. The van der Waals surface area contributed by atoms with Gasteiger partial charge in [0, 0.05) is 12.0 Å². The molecule has 0 aliphatic rings. The average molecular weight is 404 g/mol. The van der Waals surface area contributed by atoms with Crippen LogP contribution in [0.1, 0.15) is 11.8 Å². The highest BCUT2D eigenvalue weighted by Crippen LogP contribution is 2.23. The molecule has 27 heavy (non-hydrogen) atoms. The zero-order valence-electron chi connectivity index (χ0n) is 15.2. The monoisotopic (exact) mass is 403 g/mol. The van der Waals surface area contributed by atoms with Gasteiger partial charge in [-0.3, -0.25) is 14.2 Å². The van der Waals surface area contributed by atoms with Gasteiger partial charge in [-0.15, -0.1) is 11.3 Å². The van der Waals surface area contributed by atoms with Crippen molar-refractivity contribution >= 4 is 39.9 Å². The largest absolute Gasteiger partial charge is 0.383 e. The van der Waals surface area contributed by atoms with Crippen molar-refractivity contribution in [3.8, 4) is 0 Å². The number of fused-ring (bicyclic) bond motifs is 1. The van der Waals surface area contributed by atoms with E-state index in [2.05, 4.69) is 10.3 Å². The van der Waals surface area contributed by atoms with Crippen molar-refractivity contribution in [2.45, 2.75) is 30.4 Å². The Kier molecular flexibility index (Phi) is 6.65. The molecule has 0 saturated carbocycles. The highest BCUT2D eigenvalue weighted by molar-refractivity contribution is 8.00. The van der Waals surface area contributed by atoms with E-state index in [1.54, 1.807) is 29.1 Å². The first-order chi connectivity index (χ1) is 13.1. The minimum atomic E-state index is -0.383. The van der Waals surface area contributed by atoms with E-state index in [1.807, 2.05) is 42.6 Å². The van der Waals surface area contributed by atoms with Gasteiger partial charge in [-0.2, -0.15) is 0 Å². The number of nitrogens with one attached hydrogen (secondary N) is 1. The van der Waals surface area contributed by atoms with Crippen LogP contribution in [0.25, 0.3) is 10.9 Å². The summed E-state index contributed by atoms with van der Waals surface area (Å²) in [5.41, 5.74) is 0.510. The summed E-state index contributed by atoms with van der Waals surface area (Å²) >= 11 is 2.88. The van der Waals surface area contributed by atoms with Gasteiger partial charge in [0.2, 0.25) is 5.91 Å². The van der Waals surface area contributed by atoms with Gasteiger partial charge in [0.1, 0.15) is 0 Å². The fraction of sp³-hybridized carbons (Fsp3) is 0.316. The number of para-hydroxylation sites is 1.